The topological polar surface area (TPSA) is 0 Å². The van der Waals surface area contributed by atoms with Crippen LogP contribution < -0.4 is 17.0 Å². The standard InChI is InChI=1S/C29H60P.BrH/c1-5-9-13-16-19-23-27-30(26-22-12-8-4,28-24-20-17-14-10-6-2)29-25-21-18-15-11-7-3;/h8H,4-7,9-29H2,1-3H3;1H/q+1;/p-1. The Morgan fingerprint density at radius 3 is 1.06 bits per heavy atom. The molecule has 0 fully saturated rings. The van der Waals surface area contributed by atoms with Crippen LogP contribution in [0.2, 0.25) is 0 Å². The van der Waals surface area contributed by atoms with Crippen molar-refractivity contribution in [3.05, 3.63) is 12.7 Å². The van der Waals surface area contributed by atoms with Crippen LogP contribution in [0.15, 0.2) is 12.7 Å². The maximum absolute atomic E-state index is 4.00. The largest absolute Gasteiger partial charge is 1.00 e. The fourth-order valence-electron chi connectivity index (χ4n) is 4.92. The monoisotopic (exact) mass is 518 g/mol. The molecular weight excluding hydrogens is 459 g/mol. The lowest BCUT2D eigenvalue weighted by molar-refractivity contribution is -0.00000681. The summed E-state index contributed by atoms with van der Waals surface area (Å²) in [6.07, 6.45) is 37.5. The summed E-state index contributed by atoms with van der Waals surface area (Å²) in [6.45, 7) is 11.0. The van der Waals surface area contributed by atoms with E-state index >= 15 is 0 Å². The molecule has 0 aromatic carbocycles. The minimum atomic E-state index is -0.740. The molecule has 0 unspecified atom stereocenters. The predicted molar refractivity (Wildman–Crippen MR) is 146 cm³/mol. The zero-order chi connectivity index (χ0) is 22.2. The molecule has 0 saturated heterocycles. The van der Waals surface area contributed by atoms with E-state index in [1.807, 2.05) is 0 Å². The van der Waals surface area contributed by atoms with Crippen LogP contribution in [0, 0.1) is 0 Å². The lowest BCUT2D eigenvalue weighted by Gasteiger charge is -2.28. The fourth-order valence-corrected chi connectivity index (χ4v) is 9.80. The third kappa shape index (κ3) is 22.2. The summed E-state index contributed by atoms with van der Waals surface area (Å²) in [4.78, 5) is 0. The molecule has 0 amide bonds. The van der Waals surface area contributed by atoms with Crippen molar-refractivity contribution in [3.8, 4) is 0 Å². The summed E-state index contributed by atoms with van der Waals surface area (Å²) < 4.78 is 0. The van der Waals surface area contributed by atoms with Crippen LogP contribution in [0.4, 0.5) is 0 Å². The highest BCUT2D eigenvalue weighted by Crippen LogP contribution is 2.61. The normalized spacial score (nSPS) is 11.5. The molecule has 0 rings (SSSR count). The van der Waals surface area contributed by atoms with E-state index in [2.05, 4.69) is 33.4 Å². The average Bonchev–Trinajstić information content (AvgIpc) is 2.75. The van der Waals surface area contributed by atoms with Gasteiger partial charge in [0.25, 0.3) is 0 Å². The first-order valence-corrected chi connectivity index (χ1v) is 16.7. The predicted octanol–water partition coefficient (Wildman–Crippen LogP) is 8.06. The van der Waals surface area contributed by atoms with Crippen molar-refractivity contribution in [3.63, 3.8) is 0 Å². The summed E-state index contributed by atoms with van der Waals surface area (Å²) in [5, 5.41) is 0. The van der Waals surface area contributed by atoms with E-state index < -0.39 is 7.26 Å². The molecule has 31 heavy (non-hydrogen) atoms. The second kappa shape index (κ2) is 26.9. The summed E-state index contributed by atoms with van der Waals surface area (Å²) in [7, 11) is -0.740. The number of unbranched alkanes of at least 4 members (excludes halogenated alkanes) is 16. The molecule has 0 aliphatic heterocycles. The Morgan fingerprint density at radius 1 is 0.452 bits per heavy atom. The molecule has 0 aromatic rings. The van der Waals surface area contributed by atoms with Gasteiger partial charge in [0.2, 0.25) is 0 Å². The van der Waals surface area contributed by atoms with Crippen molar-refractivity contribution in [2.45, 2.75) is 149 Å². The first kappa shape index (κ1) is 33.8. The molecule has 0 nitrogen and oxygen atoms in total. The van der Waals surface area contributed by atoms with Crippen LogP contribution in [0.1, 0.15) is 149 Å². The van der Waals surface area contributed by atoms with Gasteiger partial charge in [-0.2, -0.15) is 0 Å². The molecule has 0 N–H and O–H groups in total. The number of allylic oxidation sites excluding steroid dienone is 1. The zero-order valence-corrected chi connectivity index (χ0v) is 24.6. The molecule has 0 heterocycles. The van der Waals surface area contributed by atoms with Gasteiger partial charge >= 0.3 is 0 Å². The molecule has 0 saturated carbocycles. The minimum absolute atomic E-state index is 0. The van der Waals surface area contributed by atoms with Gasteiger partial charge in [-0.15, -0.1) is 6.58 Å². The van der Waals surface area contributed by atoms with E-state index in [0.29, 0.717) is 0 Å². The van der Waals surface area contributed by atoms with Gasteiger partial charge in [0.05, 0.1) is 24.6 Å². The first-order valence-electron chi connectivity index (χ1n) is 14.2. The van der Waals surface area contributed by atoms with Gasteiger partial charge in [-0.1, -0.05) is 104 Å². The van der Waals surface area contributed by atoms with Crippen LogP contribution in [-0.4, -0.2) is 24.6 Å². The molecule has 0 aromatic heterocycles. The van der Waals surface area contributed by atoms with E-state index in [1.165, 1.54) is 128 Å². The van der Waals surface area contributed by atoms with Crippen molar-refractivity contribution in [1.29, 1.82) is 0 Å². The van der Waals surface area contributed by atoms with E-state index in [0.717, 1.165) is 0 Å². The average molecular weight is 520 g/mol. The van der Waals surface area contributed by atoms with Crippen LogP contribution in [0.5, 0.6) is 0 Å². The number of hydrogen-bond acceptors (Lipinski definition) is 0. The fraction of sp³-hybridized carbons (Fsp3) is 0.931. The smallest absolute Gasteiger partial charge is 0.0597 e. The second-order valence-electron chi connectivity index (χ2n) is 9.97. The Morgan fingerprint density at radius 2 is 0.742 bits per heavy atom. The Kier molecular flexibility index (Phi) is 29.3. The van der Waals surface area contributed by atoms with Crippen LogP contribution in [0.25, 0.3) is 0 Å². The quantitative estimate of drug-likeness (QED) is 0.0650. The molecule has 188 valence electrons. The van der Waals surface area contributed by atoms with Gasteiger partial charge in [-0.3, -0.25) is 0 Å². The molecule has 0 aliphatic carbocycles. The van der Waals surface area contributed by atoms with Crippen LogP contribution in [0.3, 0.4) is 0 Å². The summed E-state index contributed by atoms with van der Waals surface area (Å²) in [5.74, 6) is 0. The van der Waals surface area contributed by atoms with E-state index in [-0.39, 0.29) is 17.0 Å². The lowest BCUT2D eigenvalue weighted by Crippen LogP contribution is -3.00. The highest BCUT2D eigenvalue weighted by Gasteiger charge is 2.34. The molecular formula is C29H60BrP. The van der Waals surface area contributed by atoms with E-state index in [1.54, 1.807) is 24.6 Å². The molecule has 0 spiro atoms. The summed E-state index contributed by atoms with van der Waals surface area (Å²) >= 11 is 0. The Hall–Kier alpha value is 0.650. The SMILES string of the molecule is C=CCCC[P+](CCCCCCCC)(CCCCCCCC)CCCCCCCC.[Br-]. The van der Waals surface area contributed by atoms with Gasteiger partial charge in [-0.25, -0.2) is 0 Å². The molecule has 0 bridgehead atoms. The van der Waals surface area contributed by atoms with Gasteiger partial charge in [0.15, 0.2) is 0 Å². The second-order valence-corrected chi connectivity index (χ2v) is 14.4. The highest BCUT2D eigenvalue weighted by atomic mass is 79.9. The number of rotatable bonds is 25. The minimum Gasteiger partial charge on any atom is -1.00 e. The Bertz CT molecular complexity index is 301. The third-order valence-electron chi connectivity index (χ3n) is 7.00. The van der Waals surface area contributed by atoms with Crippen molar-refractivity contribution in [2.24, 2.45) is 0 Å². The van der Waals surface area contributed by atoms with Crippen LogP contribution in [-0.2, 0) is 0 Å². The summed E-state index contributed by atoms with van der Waals surface area (Å²) in [6, 6.07) is 0. The molecule has 0 atom stereocenters. The summed E-state index contributed by atoms with van der Waals surface area (Å²) in [5.41, 5.74) is 0. The van der Waals surface area contributed by atoms with Crippen LogP contribution >= 0.6 is 7.26 Å². The zero-order valence-electron chi connectivity index (χ0n) is 22.1. The first-order chi connectivity index (χ1) is 14.7. The lowest BCUT2D eigenvalue weighted by atomic mass is 10.1. The van der Waals surface area contributed by atoms with E-state index in [4.69, 9.17) is 0 Å². The van der Waals surface area contributed by atoms with E-state index in [9.17, 15) is 0 Å². The number of halogens is 1. The van der Waals surface area contributed by atoms with Crippen molar-refractivity contribution < 1.29 is 17.0 Å². The van der Waals surface area contributed by atoms with Gasteiger partial charge in [0.1, 0.15) is 0 Å². The van der Waals surface area contributed by atoms with Crippen molar-refractivity contribution >= 4 is 7.26 Å². The number of hydrogen-bond donors (Lipinski definition) is 0. The van der Waals surface area contributed by atoms with Gasteiger partial charge < -0.3 is 17.0 Å². The molecule has 0 radical (unpaired) electrons. The maximum atomic E-state index is 4.00. The van der Waals surface area contributed by atoms with Gasteiger partial charge in [0, 0.05) is 7.26 Å². The molecule has 2 heteroatoms. The molecule has 0 aliphatic rings. The Balaban J connectivity index is 0. The van der Waals surface area contributed by atoms with Crippen molar-refractivity contribution in [1.82, 2.24) is 0 Å². The highest BCUT2D eigenvalue weighted by molar-refractivity contribution is 7.75. The van der Waals surface area contributed by atoms with Crippen molar-refractivity contribution in [2.75, 3.05) is 24.6 Å². The van der Waals surface area contributed by atoms with Gasteiger partial charge in [-0.05, 0) is 51.4 Å². The Labute approximate surface area is 210 Å². The third-order valence-corrected chi connectivity index (χ3v) is 12.1. The maximum Gasteiger partial charge on any atom is 0.0597 e.